The predicted molar refractivity (Wildman–Crippen MR) is 67.3 cm³/mol. The highest BCUT2D eigenvalue weighted by molar-refractivity contribution is 6.09. The Morgan fingerprint density at radius 1 is 1.14 bits per heavy atom. The predicted octanol–water partition coefficient (Wildman–Crippen LogP) is 3.22. The number of aromatic nitrogens is 1. The summed E-state index contributed by atoms with van der Waals surface area (Å²) in [5.41, 5.74) is 0.309. The van der Waals surface area contributed by atoms with Gasteiger partial charge in [0.1, 0.15) is 0 Å². The molecular formula is C14H10F3NO3. The van der Waals surface area contributed by atoms with Crippen LogP contribution in [0.25, 0.3) is 0 Å². The minimum atomic E-state index is -4.87. The van der Waals surface area contributed by atoms with Gasteiger partial charge in [0.15, 0.2) is 17.3 Å². The van der Waals surface area contributed by atoms with E-state index in [9.17, 15) is 18.0 Å². The molecule has 0 atom stereocenters. The van der Waals surface area contributed by atoms with Crippen LogP contribution in [0.5, 0.6) is 11.5 Å². The monoisotopic (exact) mass is 297 g/mol. The van der Waals surface area contributed by atoms with Gasteiger partial charge in [0.25, 0.3) is 0 Å². The van der Waals surface area contributed by atoms with Gasteiger partial charge in [0, 0.05) is 23.5 Å². The molecule has 0 amide bonds. The van der Waals surface area contributed by atoms with E-state index in [0.717, 1.165) is 6.07 Å². The molecule has 4 nitrogen and oxygen atoms in total. The SMILES string of the molecule is COc1ccc(C(=O)c2cccnc2)cc1OC(F)(F)F. The third kappa shape index (κ3) is 3.71. The third-order valence-electron chi connectivity index (χ3n) is 2.58. The van der Waals surface area contributed by atoms with Crippen LogP contribution in [0, 0.1) is 0 Å². The van der Waals surface area contributed by atoms with Crippen molar-refractivity contribution in [1.82, 2.24) is 4.98 Å². The Labute approximate surface area is 118 Å². The summed E-state index contributed by atoms with van der Waals surface area (Å²) in [5, 5.41) is 0. The molecule has 0 aliphatic heterocycles. The lowest BCUT2D eigenvalue weighted by atomic mass is 10.0. The number of carbonyl (C=O) groups excluding carboxylic acids is 1. The highest BCUT2D eigenvalue weighted by Crippen LogP contribution is 2.33. The van der Waals surface area contributed by atoms with Gasteiger partial charge in [-0.2, -0.15) is 0 Å². The van der Waals surface area contributed by atoms with E-state index in [4.69, 9.17) is 4.74 Å². The van der Waals surface area contributed by atoms with Crippen LogP contribution >= 0.6 is 0 Å². The van der Waals surface area contributed by atoms with Crippen molar-refractivity contribution < 1.29 is 27.4 Å². The maximum atomic E-state index is 12.3. The van der Waals surface area contributed by atoms with Crippen molar-refractivity contribution in [3.8, 4) is 11.5 Å². The summed E-state index contributed by atoms with van der Waals surface area (Å²) < 4.78 is 45.7. The van der Waals surface area contributed by atoms with Crippen molar-refractivity contribution in [2.45, 2.75) is 6.36 Å². The number of benzene rings is 1. The second-order valence-corrected chi connectivity index (χ2v) is 3.98. The van der Waals surface area contributed by atoms with Crippen molar-refractivity contribution in [2.24, 2.45) is 0 Å². The molecule has 0 spiro atoms. The zero-order valence-corrected chi connectivity index (χ0v) is 10.8. The fraction of sp³-hybridized carbons (Fsp3) is 0.143. The number of alkyl halides is 3. The van der Waals surface area contributed by atoms with Gasteiger partial charge in [-0.15, -0.1) is 13.2 Å². The number of halogens is 3. The zero-order valence-electron chi connectivity index (χ0n) is 10.8. The third-order valence-corrected chi connectivity index (χ3v) is 2.58. The Morgan fingerprint density at radius 3 is 2.48 bits per heavy atom. The van der Waals surface area contributed by atoms with Gasteiger partial charge in [-0.05, 0) is 30.3 Å². The van der Waals surface area contributed by atoms with Crippen LogP contribution in [0.2, 0.25) is 0 Å². The van der Waals surface area contributed by atoms with Gasteiger partial charge in [0.05, 0.1) is 7.11 Å². The average molecular weight is 297 g/mol. The lowest BCUT2D eigenvalue weighted by molar-refractivity contribution is -0.275. The van der Waals surface area contributed by atoms with Crippen molar-refractivity contribution in [2.75, 3.05) is 7.11 Å². The number of ether oxygens (including phenoxy) is 2. The molecule has 2 aromatic rings. The summed E-state index contributed by atoms with van der Waals surface area (Å²) >= 11 is 0. The summed E-state index contributed by atoms with van der Waals surface area (Å²) in [7, 11) is 1.21. The standard InChI is InChI=1S/C14H10F3NO3/c1-20-11-5-4-9(7-12(11)21-14(15,16)17)13(19)10-3-2-6-18-8-10/h2-8H,1H3. The van der Waals surface area contributed by atoms with Crippen LogP contribution in [-0.2, 0) is 0 Å². The van der Waals surface area contributed by atoms with Crippen LogP contribution in [0.1, 0.15) is 15.9 Å². The van der Waals surface area contributed by atoms with E-state index in [2.05, 4.69) is 9.72 Å². The fourth-order valence-electron chi connectivity index (χ4n) is 1.69. The molecule has 0 radical (unpaired) electrons. The Bertz CT molecular complexity index is 642. The Hall–Kier alpha value is -2.57. The largest absolute Gasteiger partial charge is 0.573 e. The van der Waals surface area contributed by atoms with Crippen molar-refractivity contribution >= 4 is 5.78 Å². The van der Waals surface area contributed by atoms with E-state index in [-0.39, 0.29) is 16.9 Å². The minimum Gasteiger partial charge on any atom is -0.493 e. The molecule has 1 aromatic carbocycles. The normalized spacial score (nSPS) is 11.0. The summed E-state index contributed by atoms with van der Waals surface area (Å²) in [5.74, 6) is -1.15. The molecule has 0 aliphatic carbocycles. The van der Waals surface area contributed by atoms with Crippen molar-refractivity contribution in [3.05, 3.63) is 53.9 Å². The average Bonchev–Trinajstić information content (AvgIpc) is 2.45. The maximum absolute atomic E-state index is 12.3. The number of rotatable bonds is 4. The van der Waals surface area contributed by atoms with Gasteiger partial charge in [-0.25, -0.2) is 0 Å². The number of pyridine rings is 1. The molecule has 0 saturated heterocycles. The van der Waals surface area contributed by atoms with Gasteiger partial charge in [-0.1, -0.05) is 0 Å². The number of nitrogens with zero attached hydrogens (tertiary/aromatic N) is 1. The molecule has 7 heteroatoms. The molecule has 110 valence electrons. The summed E-state index contributed by atoms with van der Waals surface area (Å²) in [6.07, 6.45) is -2.05. The lowest BCUT2D eigenvalue weighted by Crippen LogP contribution is -2.18. The summed E-state index contributed by atoms with van der Waals surface area (Å²) in [6, 6.07) is 6.66. The molecule has 0 N–H and O–H groups in total. The van der Waals surface area contributed by atoms with Gasteiger partial charge in [-0.3, -0.25) is 9.78 Å². The zero-order chi connectivity index (χ0) is 15.5. The van der Waals surface area contributed by atoms with Crippen LogP contribution in [0.4, 0.5) is 13.2 Å². The number of methoxy groups -OCH3 is 1. The lowest BCUT2D eigenvalue weighted by Gasteiger charge is -2.13. The number of hydrogen-bond donors (Lipinski definition) is 0. The van der Waals surface area contributed by atoms with E-state index < -0.39 is 17.9 Å². The first-order valence-corrected chi connectivity index (χ1v) is 5.79. The fourth-order valence-corrected chi connectivity index (χ4v) is 1.69. The number of ketones is 1. The molecule has 21 heavy (non-hydrogen) atoms. The molecule has 0 unspecified atom stereocenters. The van der Waals surface area contributed by atoms with E-state index >= 15 is 0 Å². The highest BCUT2D eigenvalue weighted by atomic mass is 19.4. The van der Waals surface area contributed by atoms with Gasteiger partial charge in [0.2, 0.25) is 0 Å². The number of hydrogen-bond acceptors (Lipinski definition) is 4. The molecule has 0 fully saturated rings. The smallest absolute Gasteiger partial charge is 0.493 e. The van der Waals surface area contributed by atoms with E-state index in [1.54, 1.807) is 6.07 Å². The topological polar surface area (TPSA) is 48.4 Å². The van der Waals surface area contributed by atoms with Crippen molar-refractivity contribution in [3.63, 3.8) is 0 Å². The first-order valence-electron chi connectivity index (χ1n) is 5.79. The second kappa shape index (κ2) is 5.82. The van der Waals surface area contributed by atoms with Crippen LogP contribution in [0.3, 0.4) is 0 Å². The van der Waals surface area contributed by atoms with E-state index in [0.29, 0.717) is 0 Å². The Balaban J connectivity index is 2.38. The Kier molecular flexibility index (Phi) is 4.11. The maximum Gasteiger partial charge on any atom is 0.573 e. The molecule has 0 bridgehead atoms. The van der Waals surface area contributed by atoms with Crippen LogP contribution in [0.15, 0.2) is 42.7 Å². The minimum absolute atomic E-state index is 0.0445. The molecule has 1 heterocycles. The Morgan fingerprint density at radius 2 is 1.90 bits per heavy atom. The summed E-state index contributed by atoms with van der Waals surface area (Å²) in [4.78, 5) is 15.9. The number of carbonyl (C=O) groups is 1. The van der Waals surface area contributed by atoms with Crippen LogP contribution < -0.4 is 9.47 Å². The van der Waals surface area contributed by atoms with E-state index in [1.807, 2.05) is 0 Å². The highest BCUT2D eigenvalue weighted by Gasteiger charge is 2.32. The first-order chi connectivity index (χ1) is 9.90. The first kappa shape index (κ1) is 14.8. The molecule has 0 aliphatic rings. The van der Waals surface area contributed by atoms with Crippen LogP contribution in [-0.4, -0.2) is 24.2 Å². The summed E-state index contributed by atoms with van der Waals surface area (Å²) in [6.45, 7) is 0. The van der Waals surface area contributed by atoms with Gasteiger partial charge >= 0.3 is 6.36 Å². The molecule has 1 aromatic heterocycles. The second-order valence-electron chi connectivity index (χ2n) is 3.98. The molecule has 0 saturated carbocycles. The molecular weight excluding hydrogens is 287 g/mol. The quantitative estimate of drug-likeness (QED) is 0.813. The van der Waals surface area contributed by atoms with Gasteiger partial charge < -0.3 is 9.47 Å². The van der Waals surface area contributed by atoms with Crippen molar-refractivity contribution in [1.29, 1.82) is 0 Å². The molecule has 2 rings (SSSR count). The van der Waals surface area contributed by atoms with E-state index in [1.165, 1.54) is 37.7 Å².